The van der Waals surface area contributed by atoms with E-state index in [1.165, 1.54) is 6.92 Å². The fourth-order valence-electron chi connectivity index (χ4n) is 1.94. The number of carbonyl (C=O) groups excluding carboxylic acids is 2. The minimum atomic E-state index is -0.195. The molecule has 2 rings (SSSR count). The van der Waals surface area contributed by atoms with Crippen molar-refractivity contribution in [1.82, 2.24) is 0 Å². The number of carbonyl (C=O) groups is 2. The third kappa shape index (κ3) is 3.69. The fraction of sp³-hybridized carbons (Fsp3) is 0.176. The summed E-state index contributed by atoms with van der Waals surface area (Å²) >= 11 is 0. The molecule has 1 N–H and O–H groups in total. The van der Waals surface area contributed by atoms with Crippen molar-refractivity contribution >= 4 is 23.1 Å². The molecule has 0 aliphatic rings. The van der Waals surface area contributed by atoms with Gasteiger partial charge in [-0.2, -0.15) is 0 Å². The number of anilines is 2. The van der Waals surface area contributed by atoms with Crippen LogP contribution >= 0.6 is 0 Å². The molecule has 0 aliphatic heterocycles. The monoisotopic (exact) mass is 282 g/mol. The quantitative estimate of drug-likeness (QED) is 0.876. The molecule has 2 aromatic rings. The van der Waals surface area contributed by atoms with Crippen molar-refractivity contribution in [2.75, 3.05) is 24.3 Å². The van der Waals surface area contributed by atoms with Crippen LogP contribution in [-0.2, 0) is 0 Å². The van der Waals surface area contributed by atoms with Crippen molar-refractivity contribution in [1.29, 1.82) is 0 Å². The average molecular weight is 282 g/mol. The maximum atomic E-state index is 12.3. The molecule has 2 aromatic carbocycles. The van der Waals surface area contributed by atoms with Gasteiger partial charge in [0, 0.05) is 36.6 Å². The van der Waals surface area contributed by atoms with Crippen LogP contribution in [0.5, 0.6) is 0 Å². The number of ketones is 1. The second-order valence-electron chi connectivity index (χ2n) is 5.04. The minimum absolute atomic E-state index is 0.0271. The van der Waals surface area contributed by atoms with Crippen LogP contribution in [-0.4, -0.2) is 25.8 Å². The average Bonchev–Trinajstić information content (AvgIpc) is 2.47. The van der Waals surface area contributed by atoms with Gasteiger partial charge in [0.05, 0.1) is 0 Å². The lowest BCUT2D eigenvalue weighted by Crippen LogP contribution is -2.14. The summed E-state index contributed by atoms with van der Waals surface area (Å²) in [7, 11) is 3.85. The molecule has 0 fully saturated rings. The first-order chi connectivity index (χ1) is 9.97. The summed E-state index contributed by atoms with van der Waals surface area (Å²) in [5, 5.41) is 2.81. The number of benzene rings is 2. The SMILES string of the molecule is CC(=O)c1cccc(NC(=O)c2cccc(N(C)C)c2)c1. The smallest absolute Gasteiger partial charge is 0.255 e. The summed E-state index contributed by atoms with van der Waals surface area (Å²) in [5.74, 6) is -0.222. The topological polar surface area (TPSA) is 49.4 Å². The van der Waals surface area contributed by atoms with E-state index in [0.29, 0.717) is 16.8 Å². The van der Waals surface area contributed by atoms with Gasteiger partial charge in [-0.3, -0.25) is 9.59 Å². The van der Waals surface area contributed by atoms with E-state index >= 15 is 0 Å². The van der Waals surface area contributed by atoms with Crippen LogP contribution in [0.3, 0.4) is 0 Å². The number of rotatable bonds is 4. The van der Waals surface area contributed by atoms with Crippen molar-refractivity contribution in [3.05, 3.63) is 59.7 Å². The first kappa shape index (κ1) is 14.8. The van der Waals surface area contributed by atoms with Crippen molar-refractivity contribution < 1.29 is 9.59 Å². The molecule has 21 heavy (non-hydrogen) atoms. The van der Waals surface area contributed by atoms with Crippen LogP contribution < -0.4 is 10.2 Å². The summed E-state index contributed by atoms with van der Waals surface area (Å²) in [6, 6.07) is 14.3. The van der Waals surface area contributed by atoms with E-state index in [4.69, 9.17) is 0 Å². The molecule has 0 radical (unpaired) electrons. The zero-order chi connectivity index (χ0) is 15.4. The standard InChI is InChI=1S/C17H18N2O2/c1-12(20)13-6-4-8-15(10-13)18-17(21)14-7-5-9-16(11-14)19(2)3/h4-11H,1-3H3,(H,18,21). The molecule has 0 saturated heterocycles. The Bertz CT molecular complexity index is 678. The highest BCUT2D eigenvalue weighted by Gasteiger charge is 2.08. The number of hydrogen-bond donors (Lipinski definition) is 1. The van der Waals surface area contributed by atoms with Crippen LogP contribution in [0.1, 0.15) is 27.6 Å². The molecule has 0 aliphatic carbocycles. The Kier molecular flexibility index (Phi) is 4.38. The molecule has 4 heteroatoms. The van der Waals surface area contributed by atoms with Crippen LogP contribution in [0.15, 0.2) is 48.5 Å². The minimum Gasteiger partial charge on any atom is -0.378 e. The van der Waals surface area contributed by atoms with E-state index in [1.807, 2.05) is 37.2 Å². The number of Topliss-reactive ketones (excluding diaryl/α,β-unsaturated/α-hetero) is 1. The van der Waals surface area contributed by atoms with E-state index in [1.54, 1.807) is 30.3 Å². The van der Waals surface area contributed by atoms with Gasteiger partial charge in [-0.25, -0.2) is 0 Å². The number of amides is 1. The van der Waals surface area contributed by atoms with Crippen molar-refractivity contribution in [2.24, 2.45) is 0 Å². The summed E-state index contributed by atoms with van der Waals surface area (Å²) in [5.41, 5.74) is 2.73. The molecule has 1 amide bonds. The predicted molar refractivity (Wildman–Crippen MR) is 85.2 cm³/mol. The second-order valence-corrected chi connectivity index (χ2v) is 5.04. The Morgan fingerprint density at radius 2 is 1.62 bits per heavy atom. The van der Waals surface area contributed by atoms with E-state index in [9.17, 15) is 9.59 Å². The van der Waals surface area contributed by atoms with E-state index in [2.05, 4.69) is 5.32 Å². The molecule has 0 unspecified atom stereocenters. The summed E-state index contributed by atoms with van der Waals surface area (Å²) < 4.78 is 0. The summed E-state index contributed by atoms with van der Waals surface area (Å²) in [6.45, 7) is 1.50. The number of hydrogen-bond acceptors (Lipinski definition) is 3. The third-order valence-electron chi connectivity index (χ3n) is 3.15. The molecule has 108 valence electrons. The molecule has 0 atom stereocenters. The Balaban J connectivity index is 2.20. The van der Waals surface area contributed by atoms with Gasteiger partial charge < -0.3 is 10.2 Å². The highest BCUT2D eigenvalue weighted by atomic mass is 16.1. The van der Waals surface area contributed by atoms with Crippen molar-refractivity contribution in [3.63, 3.8) is 0 Å². The fourth-order valence-corrected chi connectivity index (χ4v) is 1.94. The molecular formula is C17H18N2O2. The highest BCUT2D eigenvalue weighted by Crippen LogP contribution is 2.16. The Morgan fingerprint density at radius 3 is 2.29 bits per heavy atom. The van der Waals surface area contributed by atoms with Crippen LogP contribution in [0.25, 0.3) is 0 Å². The van der Waals surface area contributed by atoms with Crippen LogP contribution in [0.4, 0.5) is 11.4 Å². The molecule has 0 saturated carbocycles. The van der Waals surface area contributed by atoms with Gasteiger partial charge in [0.15, 0.2) is 5.78 Å². The van der Waals surface area contributed by atoms with Crippen LogP contribution in [0, 0.1) is 0 Å². The van der Waals surface area contributed by atoms with Gasteiger partial charge in [0.2, 0.25) is 0 Å². The van der Waals surface area contributed by atoms with E-state index in [-0.39, 0.29) is 11.7 Å². The number of nitrogens with one attached hydrogen (secondary N) is 1. The Hall–Kier alpha value is -2.62. The maximum absolute atomic E-state index is 12.3. The predicted octanol–water partition coefficient (Wildman–Crippen LogP) is 3.21. The molecular weight excluding hydrogens is 264 g/mol. The van der Waals surface area contributed by atoms with Gasteiger partial charge in [0.1, 0.15) is 0 Å². The largest absolute Gasteiger partial charge is 0.378 e. The first-order valence-electron chi connectivity index (χ1n) is 6.67. The Labute approximate surface area is 124 Å². The molecule has 0 bridgehead atoms. The van der Waals surface area contributed by atoms with Gasteiger partial charge >= 0.3 is 0 Å². The van der Waals surface area contributed by atoms with Crippen LogP contribution in [0.2, 0.25) is 0 Å². The third-order valence-corrected chi connectivity index (χ3v) is 3.15. The van der Waals surface area contributed by atoms with Gasteiger partial charge in [-0.05, 0) is 37.3 Å². The van der Waals surface area contributed by atoms with Gasteiger partial charge in [-0.1, -0.05) is 18.2 Å². The molecule has 4 nitrogen and oxygen atoms in total. The zero-order valence-electron chi connectivity index (χ0n) is 12.4. The normalized spacial score (nSPS) is 10.0. The van der Waals surface area contributed by atoms with Crippen molar-refractivity contribution in [2.45, 2.75) is 6.92 Å². The highest BCUT2D eigenvalue weighted by molar-refractivity contribution is 6.05. The Morgan fingerprint density at radius 1 is 0.952 bits per heavy atom. The molecule has 0 aromatic heterocycles. The van der Waals surface area contributed by atoms with Gasteiger partial charge in [-0.15, -0.1) is 0 Å². The maximum Gasteiger partial charge on any atom is 0.255 e. The lowest BCUT2D eigenvalue weighted by molar-refractivity contribution is 0.101. The number of nitrogens with zero attached hydrogens (tertiary/aromatic N) is 1. The van der Waals surface area contributed by atoms with Crippen molar-refractivity contribution in [3.8, 4) is 0 Å². The lowest BCUT2D eigenvalue weighted by Gasteiger charge is -2.13. The summed E-state index contributed by atoms with van der Waals surface area (Å²) in [6.07, 6.45) is 0. The summed E-state index contributed by atoms with van der Waals surface area (Å²) in [4.78, 5) is 25.5. The van der Waals surface area contributed by atoms with Gasteiger partial charge in [0.25, 0.3) is 5.91 Å². The second kappa shape index (κ2) is 6.22. The van der Waals surface area contributed by atoms with E-state index < -0.39 is 0 Å². The molecule has 0 spiro atoms. The zero-order valence-corrected chi connectivity index (χ0v) is 12.4. The first-order valence-corrected chi connectivity index (χ1v) is 6.67. The lowest BCUT2D eigenvalue weighted by atomic mass is 10.1. The van der Waals surface area contributed by atoms with E-state index in [0.717, 1.165) is 5.69 Å². The molecule has 0 heterocycles.